The van der Waals surface area contributed by atoms with Crippen LogP contribution in [0.4, 0.5) is 0 Å². The summed E-state index contributed by atoms with van der Waals surface area (Å²) in [5.74, 6) is 0. The van der Waals surface area contributed by atoms with E-state index in [0.717, 1.165) is 6.67 Å². The van der Waals surface area contributed by atoms with Gasteiger partial charge in [0, 0.05) is 0 Å². The van der Waals surface area contributed by atoms with Gasteiger partial charge in [0.05, 0.1) is 12.7 Å². The lowest BCUT2D eigenvalue weighted by Gasteiger charge is -2.22. The van der Waals surface area contributed by atoms with Gasteiger partial charge in [-0.1, -0.05) is 54.6 Å². The van der Waals surface area contributed by atoms with Gasteiger partial charge in [-0.2, -0.15) is 0 Å². The molecule has 1 unspecified atom stereocenters. The first-order valence-corrected chi connectivity index (χ1v) is 6.23. The van der Waals surface area contributed by atoms with Crippen molar-refractivity contribution in [1.29, 1.82) is 0 Å². The molecule has 2 N–H and O–H groups in total. The SMILES string of the molecule is C1=CC(c2ccccc2-c2ccccc2)NCN1. The molecule has 2 aromatic carbocycles. The first-order valence-electron chi connectivity index (χ1n) is 6.23. The van der Waals surface area contributed by atoms with Crippen LogP contribution in [0, 0.1) is 0 Å². The van der Waals surface area contributed by atoms with Crippen molar-refractivity contribution in [3.05, 3.63) is 72.4 Å². The average molecular weight is 236 g/mol. The van der Waals surface area contributed by atoms with Gasteiger partial charge in [-0.15, -0.1) is 0 Å². The maximum atomic E-state index is 3.45. The fourth-order valence-electron chi connectivity index (χ4n) is 2.32. The van der Waals surface area contributed by atoms with Crippen LogP contribution in [0.3, 0.4) is 0 Å². The van der Waals surface area contributed by atoms with Gasteiger partial charge in [0.15, 0.2) is 0 Å². The largest absolute Gasteiger partial charge is 0.379 e. The van der Waals surface area contributed by atoms with Crippen molar-refractivity contribution in [3.63, 3.8) is 0 Å². The highest BCUT2D eigenvalue weighted by Crippen LogP contribution is 2.29. The Morgan fingerprint density at radius 1 is 0.889 bits per heavy atom. The predicted molar refractivity (Wildman–Crippen MR) is 74.9 cm³/mol. The van der Waals surface area contributed by atoms with Gasteiger partial charge in [0.25, 0.3) is 0 Å². The number of benzene rings is 2. The predicted octanol–water partition coefficient (Wildman–Crippen LogP) is 3.06. The zero-order valence-corrected chi connectivity index (χ0v) is 10.1. The molecule has 2 nitrogen and oxygen atoms in total. The lowest BCUT2D eigenvalue weighted by Crippen LogP contribution is -2.32. The maximum absolute atomic E-state index is 3.45. The van der Waals surface area contributed by atoms with Crippen LogP contribution in [0.5, 0.6) is 0 Å². The highest BCUT2D eigenvalue weighted by Gasteiger charge is 2.14. The number of hydrogen-bond donors (Lipinski definition) is 2. The minimum absolute atomic E-state index is 0.280. The van der Waals surface area contributed by atoms with Crippen LogP contribution in [-0.4, -0.2) is 6.67 Å². The summed E-state index contributed by atoms with van der Waals surface area (Å²) in [5.41, 5.74) is 3.88. The van der Waals surface area contributed by atoms with Crippen molar-refractivity contribution < 1.29 is 0 Å². The molecule has 0 spiro atoms. The second kappa shape index (κ2) is 5.07. The Morgan fingerprint density at radius 3 is 2.44 bits per heavy atom. The third kappa shape index (κ3) is 2.15. The fraction of sp³-hybridized carbons (Fsp3) is 0.125. The summed E-state index contributed by atoms with van der Waals surface area (Å²) in [6.45, 7) is 0.810. The van der Waals surface area contributed by atoms with Crippen molar-refractivity contribution in [2.45, 2.75) is 6.04 Å². The highest BCUT2D eigenvalue weighted by atomic mass is 15.1. The van der Waals surface area contributed by atoms with Crippen LogP contribution in [0.2, 0.25) is 0 Å². The molecule has 0 fully saturated rings. The second-order valence-electron chi connectivity index (χ2n) is 4.38. The number of hydrogen-bond acceptors (Lipinski definition) is 2. The van der Waals surface area contributed by atoms with E-state index < -0.39 is 0 Å². The summed E-state index contributed by atoms with van der Waals surface area (Å²) in [6, 6.07) is 19.4. The van der Waals surface area contributed by atoms with Gasteiger partial charge in [-0.25, -0.2) is 0 Å². The topological polar surface area (TPSA) is 24.1 Å². The van der Waals surface area contributed by atoms with E-state index in [2.05, 4.69) is 71.3 Å². The van der Waals surface area contributed by atoms with Gasteiger partial charge < -0.3 is 5.32 Å². The van der Waals surface area contributed by atoms with E-state index >= 15 is 0 Å². The molecule has 0 radical (unpaired) electrons. The lowest BCUT2D eigenvalue weighted by molar-refractivity contribution is 0.564. The van der Waals surface area contributed by atoms with Crippen LogP contribution in [0.15, 0.2) is 66.9 Å². The third-order valence-electron chi connectivity index (χ3n) is 3.21. The molecular formula is C16H16N2. The van der Waals surface area contributed by atoms with Crippen molar-refractivity contribution in [1.82, 2.24) is 10.6 Å². The average Bonchev–Trinajstić information content (AvgIpc) is 2.49. The Labute approximate surface area is 107 Å². The first-order chi connectivity index (χ1) is 8.95. The summed E-state index contributed by atoms with van der Waals surface area (Å²) in [5, 5.41) is 6.60. The minimum atomic E-state index is 0.280. The molecule has 0 saturated carbocycles. The molecular weight excluding hydrogens is 220 g/mol. The first kappa shape index (κ1) is 11.1. The lowest BCUT2D eigenvalue weighted by atomic mass is 9.94. The van der Waals surface area contributed by atoms with E-state index in [1.807, 2.05) is 6.20 Å². The van der Waals surface area contributed by atoms with Gasteiger partial charge in [-0.3, -0.25) is 5.32 Å². The zero-order valence-electron chi connectivity index (χ0n) is 10.1. The summed E-state index contributed by atoms with van der Waals surface area (Å²) in [7, 11) is 0. The molecule has 0 saturated heterocycles. The molecule has 3 rings (SSSR count). The van der Waals surface area contributed by atoms with Gasteiger partial charge in [0.2, 0.25) is 0 Å². The number of nitrogens with one attached hydrogen (secondary N) is 2. The van der Waals surface area contributed by atoms with Crippen LogP contribution in [0.1, 0.15) is 11.6 Å². The molecule has 90 valence electrons. The van der Waals surface area contributed by atoms with Crippen molar-refractivity contribution in [2.24, 2.45) is 0 Å². The summed E-state index contributed by atoms with van der Waals surface area (Å²) >= 11 is 0. The molecule has 1 atom stereocenters. The van der Waals surface area contributed by atoms with E-state index in [-0.39, 0.29) is 6.04 Å². The Morgan fingerprint density at radius 2 is 1.67 bits per heavy atom. The van der Waals surface area contributed by atoms with Crippen LogP contribution >= 0.6 is 0 Å². The Bertz CT molecular complexity index is 546. The summed E-state index contributed by atoms with van der Waals surface area (Å²) in [4.78, 5) is 0. The molecule has 2 aromatic rings. The number of rotatable bonds is 2. The van der Waals surface area contributed by atoms with Crippen LogP contribution < -0.4 is 10.6 Å². The summed E-state index contributed by atoms with van der Waals surface area (Å²) in [6.07, 6.45) is 4.17. The standard InChI is InChI=1S/C16H16N2/c1-2-6-13(7-3-1)14-8-4-5-9-15(14)16-10-11-17-12-18-16/h1-11,16-18H,12H2. The Hall–Kier alpha value is -2.06. The van der Waals surface area contributed by atoms with E-state index in [0.29, 0.717) is 0 Å². The van der Waals surface area contributed by atoms with Crippen LogP contribution in [0.25, 0.3) is 11.1 Å². The van der Waals surface area contributed by atoms with Gasteiger partial charge in [-0.05, 0) is 29.0 Å². The third-order valence-corrected chi connectivity index (χ3v) is 3.21. The molecule has 0 aromatic heterocycles. The monoisotopic (exact) mass is 236 g/mol. The molecule has 18 heavy (non-hydrogen) atoms. The molecule has 0 amide bonds. The Balaban J connectivity index is 2.05. The van der Waals surface area contributed by atoms with Gasteiger partial charge in [0.1, 0.15) is 0 Å². The quantitative estimate of drug-likeness (QED) is 0.837. The zero-order chi connectivity index (χ0) is 12.2. The molecule has 2 heteroatoms. The minimum Gasteiger partial charge on any atom is -0.379 e. The molecule has 0 aliphatic carbocycles. The molecule has 1 heterocycles. The van der Waals surface area contributed by atoms with E-state index in [4.69, 9.17) is 0 Å². The Kier molecular flexibility index (Phi) is 3.11. The molecule has 1 aliphatic rings. The fourth-order valence-corrected chi connectivity index (χ4v) is 2.32. The van der Waals surface area contributed by atoms with Crippen molar-refractivity contribution >= 4 is 0 Å². The van der Waals surface area contributed by atoms with E-state index in [1.54, 1.807) is 0 Å². The van der Waals surface area contributed by atoms with E-state index in [1.165, 1.54) is 16.7 Å². The highest BCUT2D eigenvalue weighted by molar-refractivity contribution is 5.68. The van der Waals surface area contributed by atoms with E-state index in [9.17, 15) is 0 Å². The molecule has 1 aliphatic heterocycles. The maximum Gasteiger partial charge on any atom is 0.0655 e. The van der Waals surface area contributed by atoms with Crippen LogP contribution in [-0.2, 0) is 0 Å². The smallest absolute Gasteiger partial charge is 0.0655 e. The van der Waals surface area contributed by atoms with Gasteiger partial charge >= 0.3 is 0 Å². The van der Waals surface area contributed by atoms with Crippen molar-refractivity contribution in [2.75, 3.05) is 6.67 Å². The molecule has 0 bridgehead atoms. The normalized spacial score (nSPS) is 18.3. The summed E-state index contributed by atoms with van der Waals surface area (Å²) < 4.78 is 0. The second-order valence-corrected chi connectivity index (χ2v) is 4.38. The van der Waals surface area contributed by atoms with Crippen molar-refractivity contribution in [3.8, 4) is 11.1 Å².